The SMILES string of the molecule is [C-]#[N+][C@@H]1O[C@H](CO)[C@H](O)[C@H](O)[C@H]1O. The Morgan fingerprint density at radius 1 is 1.15 bits per heavy atom. The summed E-state index contributed by atoms with van der Waals surface area (Å²) in [6.45, 7) is 6.11. The molecule has 0 aromatic rings. The Morgan fingerprint density at radius 2 is 1.77 bits per heavy atom. The van der Waals surface area contributed by atoms with Crippen molar-refractivity contribution in [2.75, 3.05) is 6.61 Å². The van der Waals surface area contributed by atoms with Crippen LogP contribution in [-0.2, 0) is 4.74 Å². The number of ether oxygens (including phenoxy) is 1. The molecule has 0 saturated carbocycles. The van der Waals surface area contributed by atoms with Gasteiger partial charge in [0, 0.05) is 0 Å². The van der Waals surface area contributed by atoms with Crippen LogP contribution in [0.15, 0.2) is 0 Å². The zero-order valence-corrected chi connectivity index (χ0v) is 6.74. The normalized spacial score (nSPS) is 45.6. The molecule has 0 bridgehead atoms. The molecular formula is C7H11NO5. The summed E-state index contributed by atoms with van der Waals surface area (Å²) in [4.78, 5) is 2.91. The first-order valence-electron chi connectivity index (χ1n) is 3.79. The second-order valence-electron chi connectivity index (χ2n) is 2.85. The largest absolute Gasteiger partial charge is 0.394 e. The maximum absolute atomic E-state index is 9.22. The van der Waals surface area contributed by atoms with Crippen LogP contribution in [0.1, 0.15) is 0 Å². The monoisotopic (exact) mass is 189 g/mol. The highest BCUT2D eigenvalue weighted by molar-refractivity contribution is 4.94. The quantitative estimate of drug-likeness (QED) is 0.348. The number of hydrogen-bond acceptors (Lipinski definition) is 5. The summed E-state index contributed by atoms with van der Waals surface area (Å²) >= 11 is 0. The molecule has 0 aliphatic carbocycles. The van der Waals surface area contributed by atoms with Crippen molar-refractivity contribution in [1.29, 1.82) is 0 Å². The molecule has 1 aliphatic rings. The Kier molecular flexibility index (Phi) is 3.19. The third kappa shape index (κ3) is 1.80. The van der Waals surface area contributed by atoms with Crippen LogP contribution in [0.4, 0.5) is 0 Å². The van der Waals surface area contributed by atoms with Crippen LogP contribution >= 0.6 is 0 Å². The topological polar surface area (TPSA) is 94.5 Å². The Morgan fingerprint density at radius 3 is 2.23 bits per heavy atom. The number of aliphatic hydroxyl groups excluding tert-OH is 4. The third-order valence-electron chi connectivity index (χ3n) is 1.99. The standard InChI is InChI=1S/C7H11NO5/c1-8-7-6(12)5(11)4(10)3(2-9)13-7/h3-7,9-12H,2H2/t3-,4+,5+,6-,7-/m1/s1. The molecule has 1 saturated heterocycles. The van der Waals surface area contributed by atoms with E-state index in [4.69, 9.17) is 16.4 Å². The fourth-order valence-corrected chi connectivity index (χ4v) is 1.19. The lowest BCUT2D eigenvalue weighted by molar-refractivity contribution is -0.217. The van der Waals surface area contributed by atoms with Gasteiger partial charge in [0.05, 0.1) is 6.61 Å². The lowest BCUT2D eigenvalue weighted by atomic mass is 9.99. The van der Waals surface area contributed by atoms with Crippen molar-refractivity contribution in [3.05, 3.63) is 11.4 Å². The molecule has 1 fully saturated rings. The Labute approximate surface area is 74.8 Å². The number of rotatable bonds is 1. The first kappa shape index (κ1) is 10.4. The maximum Gasteiger partial charge on any atom is 0.356 e. The molecule has 5 atom stereocenters. The summed E-state index contributed by atoms with van der Waals surface area (Å²) in [5.74, 6) is 0. The lowest BCUT2D eigenvalue weighted by Gasteiger charge is -2.34. The van der Waals surface area contributed by atoms with Gasteiger partial charge in [-0.1, -0.05) is 0 Å². The van der Waals surface area contributed by atoms with E-state index in [9.17, 15) is 15.3 Å². The van der Waals surface area contributed by atoms with E-state index < -0.39 is 37.3 Å². The van der Waals surface area contributed by atoms with Crippen LogP contribution in [0, 0.1) is 6.57 Å². The first-order valence-corrected chi connectivity index (χ1v) is 3.79. The van der Waals surface area contributed by atoms with Crippen LogP contribution in [0.25, 0.3) is 4.85 Å². The van der Waals surface area contributed by atoms with E-state index in [0.29, 0.717) is 0 Å². The van der Waals surface area contributed by atoms with E-state index in [-0.39, 0.29) is 0 Å². The fraction of sp³-hybridized carbons (Fsp3) is 0.857. The molecule has 0 unspecified atom stereocenters. The number of nitrogens with zero attached hydrogens (tertiary/aromatic N) is 1. The highest BCUT2D eigenvalue weighted by atomic mass is 16.6. The molecule has 0 radical (unpaired) electrons. The van der Waals surface area contributed by atoms with E-state index in [2.05, 4.69) is 4.85 Å². The van der Waals surface area contributed by atoms with Crippen molar-refractivity contribution in [3.8, 4) is 0 Å². The van der Waals surface area contributed by atoms with Crippen molar-refractivity contribution in [2.45, 2.75) is 30.6 Å². The first-order chi connectivity index (χ1) is 6.11. The summed E-state index contributed by atoms with van der Waals surface area (Å²) < 4.78 is 4.82. The Hall–Kier alpha value is -0.710. The Balaban J connectivity index is 2.73. The second kappa shape index (κ2) is 4.00. The van der Waals surface area contributed by atoms with Crippen molar-refractivity contribution < 1.29 is 25.2 Å². The molecule has 0 aromatic heterocycles. The van der Waals surface area contributed by atoms with Gasteiger partial charge in [0.1, 0.15) is 18.3 Å². The second-order valence-corrected chi connectivity index (χ2v) is 2.85. The van der Waals surface area contributed by atoms with Crippen LogP contribution in [-0.4, -0.2) is 57.7 Å². The van der Waals surface area contributed by atoms with Gasteiger partial charge in [-0.15, -0.1) is 0 Å². The van der Waals surface area contributed by atoms with Crippen molar-refractivity contribution >= 4 is 0 Å². The molecule has 4 N–H and O–H groups in total. The molecule has 6 nitrogen and oxygen atoms in total. The predicted octanol–water partition coefficient (Wildman–Crippen LogP) is -2.29. The number of aliphatic hydroxyl groups is 4. The molecule has 0 amide bonds. The van der Waals surface area contributed by atoms with E-state index in [1.165, 1.54) is 0 Å². The molecule has 74 valence electrons. The van der Waals surface area contributed by atoms with Gasteiger partial charge in [0.15, 0.2) is 6.10 Å². The van der Waals surface area contributed by atoms with Gasteiger partial charge >= 0.3 is 6.23 Å². The van der Waals surface area contributed by atoms with Crippen LogP contribution in [0.2, 0.25) is 0 Å². The maximum atomic E-state index is 9.22. The van der Waals surface area contributed by atoms with E-state index >= 15 is 0 Å². The van der Waals surface area contributed by atoms with Crippen LogP contribution in [0.5, 0.6) is 0 Å². The highest BCUT2D eigenvalue weighted by Gasteiger charge is 2.46. The number of hydrogen-bond donors (Lipinski definition) is 4. The van der Waals surface area contributed by atoms with Crippen LogP contribution < -0.4 is 0 Å². The Bertz CT molecular complexity index is 213. The van der Waals surface area contributed by atoms with Crippen LogP contribution in [0.3, 0.4) is 0 Å². The minimum atomic E-state index is -1.45. The molecule has 0 aromatic carbocycles. The average Bonchev–Trinajstić information content (AvgIpc) is 2.15. The third-order valence-corrected chi connectivity index (χ3v) is 1.99. The van der Waals surface area contributed by atoms with Crippen molar-refractivity contribution in [2.24, 2.45) is 0 Å². The summed E-state index contributed by atoms with van der Waals surface area (Å²) in [5, 5.41) is 36.3. The summed E-state index contributed by atoms with van der Waals surface area (Å²) in [7, 11) is 0. The molecule has 0 spiro atoms. The zero-order chi connectivity index (χ0) is 10.0. The van der Waals surface area contributed by atoms with Crippen molar-refractivity contribution in [3.63, 3.8) is 0 Å². The molecule has 1 aliphatic heterocycles. The molecule has 1 heterocycles. The van der Waals surface area contributed by atoms with E-state index in [0.717, 1.165) is 0 Å². The smallest absolute Gasteiger partial charge is 0.356 e. The van der Waals surface area contributed by atoms with Gasteiger partial charge in [-0.25, -0.2) is 6.57 Å². The molecule has 1 rings (SSSR count). The molecule has 13 heavy (non-hydrogen) atoms. The van der Waals surface area contributed by atoms with Gasteiger partial charge in [0.25, 0.3) is 0 Å². The highest BCUT2D eigenvalue weighted by Crippen LogP contribution is 2.21. The lowest BCUT2D eigenvalue weighted by Crippen LogP contribution is -2.57. The average molecular weight is 189 g/mol. The summed E-state index contributed by atoms with van der Waals surface area (Å²) in [6, 6.07) is 0. The van der Waals surface area contributed by atoms with E-state index in [1.807, 2.05) is 0 Å². The van der Waals surface area contributed by atoms with Gasteiger partial charge < -0.3 is 20.4 Å². The fourth-order valence-electron chi connectivity index (χ4n) is 1.19. The summed E-state index contributed by atoms with van der Waals surface area (Å²) in [6.07, 6.45) is -6.49. The van der Waals surface area contributed by atoms with Gasteiger partial charge in [-0.3, -0.25) is 9.58 Å². The van der Waals surface area contributed by atoms with Crippen molar-refractivity contribution in [1.82, 2.24) is 0 Å². The summed E-state index contributed by atoms with van der Waals surface area (Å²) in [5.41, 5.74) is 0. The molecular weight excluding hydrogens is 178 g/mol. The minimum Gasteiger partial charge on any atom is -0.394 e. The predicted molar refractivity (Wildman–Crippen MR) is 40.4 cm³/mol. The van der Waals surface area contributed by atoms with Gasteiger partial charge in [0.2, 0.25) is 0 Å². The van der Waals surface area contributed by atoms with Gasteiger partial charge in [-0.2, -0.15) is 0 Å². The molecule has 6 heteroatoms. The van der Waals surface area contributed by atoms with E-state index in [1.54, 1.807) is 0 Å². The minimum absolute atomic E-state index is 0.503. The van der Waals surface area contributed by atoms with Gasteiger partial charge in [-0.05, 0) is 0 Å². The zero-order valence-electron chi connectivity index (χ0n) is 6.74.